The predicted octanol–water partition coefficient (Wildman–Crippen LogP) is 1.59. The highest BCUT2D eigenvalue weighted by molar-refractivity contribution is 5.86. The molecule has 4 nitrogen and oxygen atoms in total. The van der Waals surface area contributed by atoms with Crippen LogP contribution in [-0.2, 0) is 4.79 Å². The molecule has 0 saturated carbocycles. The third kappa shape index (κ3) is 3.32. The van der Waals surface area contributed by atoms with E-state index in [1.54, 1.807) is 12.1 Å². The summed E-state index contributed by atoms with van der Waals surface area (Å²) in [6.07, 6.45) is 0. The highest BCUT2D eigenvalue weighted by Crippen LogP contribution is 2.20. The molecule has 1 saturated heterocycles. The molecule has 1 aromatic rings. The zero-order valence-electron chi connectivity index (χ0n) is 10.7. The third-order valence-corrected chi connectivity index (χ3v) is 3.28. The van der Waals surface area contributed by atoms with Gasteiger partial charge in [-0.2, -0.15) is 0 Å². The van der Waals surface area contributed by atoms with Crippen molar-refractivity contribution in [2.75, 3.05) is 37.6 Å². The number of hydrogen-bond donors (Lipinski definition) is 1. The zero-order chi connectivity index (χ0) is 13.8. The summed E-state index contributed by atoms with van der Waals surface area (Å²) in [7, 11) is 0. The van der Waals surface area contributed by atoms with E-state index in [-0.39, 0.29) is 11.4 Å². The average molecular weight is 264 g/mol. The molecular formula is C14H17FN2O2. The summed E-state index contributed by atoms with van der Waals surface area (Å²) in [6.45, 7) is 6.68. The van der Waals surface area contributed by atoms with Crippen molar-refractivity contribution in [3.63, 3.8) is 0 Å². The minimum atomic E-state index is -0.962. The van der Waals surface area contributed by atoms with Crippen molar-refractivity contribution in [1.29, 1.82) is 0 Å². The molecule has 0 atom stereocenters. The highest BCUT2D eigenvalue weighted by Gasteiger charge is 2.20. The van der Waals surface area contributed by atoms with Gasteiger partial charge in [0.25, 0.3) is 0 Å². The number of rotatable bonds is 4. The van der Waals surface area contributed by atoms with Crippen LogP contribution in [0.1, 0.15) is 0 Å². The van der Waals surface area contributed by atoms with Crippen molar-refractivity contribution < 1.29 is 14.3 Å². The van der Waals surface area contributed by atoms with Crippen LogP contribution in [0.3, 0.4) is 0 Å². The lowest BCUT2D eigenvalue weighted by Crippen LogP contribution is -2.47. The van der Waals surface area contributed by atoms with E-state index in [1.807, 2.05) is 15.9 Å². The van der Waals surface area contributed by atoms with Gasteiger partial charge in [0.15, 0.2) is 0 Å². The van der Waals surface area contributed by atoms with E-state index in [0.29, 0.717) is 38.4 Å². The Balaban J connectivity index is 1.91. The fourth-order valence-corrected chi connectivity index (χ4v) is 2.19. The number of nitrogens with zero attached hydrogens (tertiary/aromatic N) is 2. The van der Waals surface area contributed by atoms with Gasteiger partial charge in [0.1, 0.15) is 5.82 Å². The highest BCUT2D eigenvalue weighted by atomic mass is 19.1. The minimum Gasteiger partial charge on any atom is -0.478 e. The van der Waals surface area contributed by atoms with Crippen molar-refractivity contribution in [2.45, 2.75) is 0 Å². The van der Waals surface area contributed by atoms with Gasteiger partial charge in [0.2, 0.25) is 0 Å². The SMILES string of the molecule is C=C(CN1CCN(c2ccccc2F)CC1)C(=O)O. The fourth-order valence-electron chi connectivity index (χ4n) is 2.19. The molecule has 0 radical (unpaired) electrons. The van der Waals surface area contributed by atoms with Crippen molar-refractivity contribution >= 4 is 11.7 Å². The van der Waals surface area contributed by atoms with Crippen LogP contribution in [0.2, 0.25) is 0 Å². The molecule has 1 aliphatic rings. The molecule has 1 aliphatic heterocycles. The van der Waals surface area contributed by atoms with E-state index >= 15 is 0 Å². The summed E-state index contributed by atoms with van der Waals surface area (Å²) in [5.41, 5.74) is 0.804. The van der Waals surface area contributed by atoms with E-state index in [0.717, 1.165) is 0 Å². The Morgan fingerprint density at radius 2 is 1.89 bits per heavy atom. The van der Waals surface area contributed by atoms with Gasteiger partial charge in [0, 0.05) is 38.3 Å². The maximum atomic E-state index is 13.6. The molecule has 1 heterocycles. The lowest BCUT2D eigenvalue weighted by molar-refractivity contribution is -0.132. The number of carbonyl (C=O) groups is 1. The van der Waals surface area contributed by atoms with Gasteiger partial charge in [0.05, 0.1) is 5.69 Å². The monoisotopic (exact) mass is 264 g/mol. The Morgan fingerprint density at radius 1 is 1.26 bits per heavy atom. The number of benzene rings is 1. The normalized spacial score (nSPS) is 16.4. The second kappa shape index (κ2) is 5.84. The van der Waals surface area contributed by atoms with Crippen LogP contribution in [0.5, 0.6) is 0 Å². The van der Waals surface area contributed by atoms with Crippen molar-refractivity contribution in [2.24, 2.45) is 0 Å². The summed E-state index contributed by atoms with van der Waals surface area (Å²) in [5.74, 6) is -1.18. The molecule has 0 spiro atoms. The maximum absolute atomic E-state index is 13.6. The molecule has 19 heavy (non-hydrogen) atoms. The van der Waals surface area contributed by atoms with Gasteiger partial charge in [-0.1, -0.05) is 18.7 Å². The molecule has 1 N–H and O–H groups in total. The van der Waals surface area contributed by atoms with Crippen molar-refractivity contribution in [1.82, 2.24) is 4.90 Å². The topological polar surface area (TPSA) is 43.8 Å². The van der Waals surface area contributed by atoms with E-state index in [9.17, 15) is 9.18 Å². The molecule has 0 amide bonds. The molecule has 0 bridgehead atoms. The summed E-state index contributed by atoms with van der Waals surface area (Å²) < 4.78 is 13.6. The second-order valence-electron chi connectivity index (χ2n) is 4.62. The van der Waals surface area contributed by atoms with Gasteiger partial charge in [-0.3, -0.25) is 4.90 Å². The van der Waals surface area contributed by atoms with Gasteiger partial charge in [-0.15, -0.1) is 0 Å². The Morgan fingerprint density at radius 3 is 2.47 bits per heavy atom. The third-order valence-electron chi connectivity index (χ3n) is 3.28. The Labute approximate surface area is 111 Å². The van der Waals surface area contributed by atoms with Crippen LogP contribution in [0.15, 0.2) is 36.4 Å². The number of aliphatic carboxylic acids is 1. The van der Waals surface area contributed by atoms with E-state index in [4.69, 9.17) is 5.11 Å². The molecule has 0 unspecified atom stereocenters. The van der Waals surface area contributed by atoms with Crippen molar-refractivity contribution in [3.8, 4) is 0 Å². The number of hydrogen-bond acceptors (Lipinski definition) is 3. The fraction of sp³-hybridized carbons (Fsp3) is 0.357. The van der Waals surface area contributed by atoms with Crippen LogP contribution in [0.25, 0.3) is 0 Å². The first-order chi connectivity index (χ1) is 9.08. The summed E-state index contributed by atoms with van der Waals surface area (Å²) in [6, 6.07) is 6.71. The van der Waals surface area contributed by atoms with Crippen molar-refractivity contribution in [3.05, 3.63) is 42.2 Å². The number of carboxylic acid groups (broad SMARTS) is 1. The molecule has 0 aliphatic carbocycles. The van der Waals surface area contributed by atoms with E-state index in [1.165, 1.54) is 6.07 Å². The van der Waals surface area contributed by atoms with Gasteiger partial charge >= 0.3 is 5.97 Å². The molecular weight excluding hydrogens is 247 g/mol. The second-order valence-corrected chi connectivity index (χ2v) is 4.62. The summed E-state index contributed by atoms with van der Waals surface area (Å²) in [5, 5.41) is 8.79. The van der Waals surface area contributed by atoms with E-state index < -0.39 is 5.97 Å². The lowest BCUT2D eigenvalue weighted by atomic mass is 10.2. The number of carboxylic acids is 1. The summed E-state index contributed by atoms with van der Waals surface area (Å²) >= 11 is 0. The Hall–Kier alpha value is -1.88. The smallest absolute Gasteiger partial charge is 0.332 e. The molecule has 102 valence electrons. The van der Waals surface area contributed by atoms with Gasteiger partial charge in [-0.25, -0.2) is 9.18 Å². The van der Waals surface area contributed by atoms with E-state index in [2.05, 4.69) is 6.58 Å². The largest absolute Gasteiger partial charge is 0.478 e. The first kappa shape index (κ1) is 13.5. The summed E-state index contributed by atoms with van der Waals surface area (Å²) in [4.78, 5) is 14.7. The number of anilines is 1. The van der Waals surface area contributed by atoms with Gasteiger partial charge < -0.3 is 10.0 Å². The van der Waals surface area contributed by atoms with Crippen LogP contribution in [0, 0.1) is 5.82 Å². The standard InChI is InChI=1S/C14H17FN2O2/c1-11(14(18)19)10-16-6-8-17(9-7-16)13-5-3-2-4-12(13)15/h2-5H,1,6-10H2,(H,18,19). The minimum absolute atomic E-state index is 0.194. The molecule has 1 aromatic carbocycles. The van der Waals surface area contributed by atoms with Crippen LogP contribution >= 0.6 is 0 Å². The predicted molar refractivity (Wildman–Crippen MR) is 71.8 cm³/mol. The Bertz CT molecular complexity index is 482. The molecule has 5 heteroatoms. The number of halogens is 1. The van der Waals surface area contributed by atoms with Crippen LogP contribution in [-0.4, -0.2) is 48.7 Å². The first-order valence-corrected chi connectivity index (χ1v) is 6.21. The molecule has 0 aromatic heterocycles. The zero-order valence-corrected chi connectivity index (χ0v) is 10.7. The number of para-hydroxylation sites is 1. The average Bonchev–Trinajstić information content (AvgIpc) is 2.40. The molecule has 2 rings (SSSR count). The molecule has 1 fully saturated rings. The van der Waals surface area contributed by atoms with Gasteiger partial charge in [-0.05, 0) is 12.1 Å². The quantitative estimate of drug-likeness (QED) is 0.839. The first-order valence-electron chi connectivity index (χ1n) is 6.21. The maximum Gasteiger partial charge on any atom is 0.332 e. The van der Waals surface area contributed by atoms with Crippen LogP contribution in [0.4, 0.5) is 10.1 Å². The number of piperazine rings is 1. The van der Waals surface area contributed by atoms with Crippen LogP contribution < -0.4 is 4.90 Å². The Kier molecular flexibility index (Phi) is 4.16. The lowest BCUT2D eigenvalue weighted by Gasteiger charge is -2.36.